The summed E-state index contributed by atoms with van der Waals surface area (Å²) >= 11 is 1.86. The highest BCUT2D eigenvalue weighted by Crippen LogP contribution is 2.28. The number of hydrogen-bond acceptors (Lipinski definition) is 2. The van der Waals surface area contributed by atoms with E-state index in [0.29, 0.717) is 0 Å². The summed E-state index contributed by atoms with van der Waals surface area (Å²) in [5.41, 5.74) is 2.66. The maximum Gasteiger partial charge on any atom is 0.0302 e. The van der Waals surface area contributed by atoms with E-state index < -0.39 is 0 Å². The Kier molecular flexibility index (Phi) is 3.48. The van der Waals surface area contributed by atoms with Gasteiger partial charge in [0.1, 0.15) is 0 Å². The maximum absolute atomic E-state index is 3.64. The standard InChI is InChI=1S/C16H19NS/c1-12-7-15(8-12)17-10-16-9-14(11-18-16)13-5-3-2-4-6-13/h2-6,9,11-12,15,17H,7-8,10H2,1H3. The van der Waals surface area contributed by atoms with E-state index in [2.05, 4.69) is 54.0 Å². The molecule has 0 amide bonds. The zero-order valence-corrected chi connectivity index (χ0v) is 11.5. The van der Waals surface area contributed by atoms with E-state index in [1.165, 1.54) is 28.8 Å². The predicted molar refractivity (Wildman–Crippen MR) is 78.8 cm³/mol. The topological polar surface area (TPSA) is 12.0 Å². The summed E-state index contributed by atoms with van der Waals surface area (Å²) in [6, 6.07) is 13.7. The number of hydrogen-bond donors (Lipinski definition) is 1. The van der Waals surface area contributed by atoms with Gasteiger partial charge < -0.3 is 5.32 Å². The molecule has 1 saturated carbocycles. The minimum absolute atomic E-state index is 0.752. The zero-order chi connectivity index (χ0) is 12.4. The van der Waals surface area contributed by atoms with Crippen LogP contribution in [0.5, 0.6) is 0 Å². The van der Waals surface area contributed by atoms with Crippen molar-refractivity contribution in [1.29, 1.82) is 0 Å². The molecular formula is C16H19NS. The first-order valence-electron chi connectivity index (χ1n) is 6.67. The largest absolute Gasteiger partial charge is 0.309 e. The molecule has 3 rings (SSSR count). The van der Waals surface area contributed by atoms with Crippen molar-refractivity contribution >= 4 is 11.3 Å². The Labute approximate surface area is 113 Å². The van der Waals surface area contributed by atoms with Crippen LogP contribution in [0.4, 0.5) is 0 Å². The van der Waals surface area contributed by atoms with Gasteiger partial charge in [0.15, 0.2) is 0 Å². The molecule has 94 valence electrons. The minimum atomic E-state index is 0.752. The number of benzene rings is 1. The second-order valence-electron chi connectivity index (χ2n) is 5.32. The van der Waals surface area contributed by atoms with E-state index in [0.717, 1.165) is 18.5 Å². The third-order valence-corrected chi connectivity index (χ3v) is 4.64. The van der Waals surface area contributed by atoms with Crippen molar-refractivity contribution in [3.63, 3.8) is 0 Å². The summed E-state index contributed by atoms with van der Waals surface area (Å²) in [6.45, 7) is 3.35. The van der Waals surface area contributed by atoms with Crippen molar-refractivity contribution in [1.82, 2.24) is 5.32 Å². The Hall–Kier alpha value is -1.12. The summed E-state index contributed by atoms with van der Waals surface area (Å²) in [5.74, 6) is 0.922. The molecule has 0 unspecified atom stereocenters. The van der Waals surface area contributed by atoms with Crippen LogP contribution in [0.2, 0.25) is 0 Å². The van der Waals surface area contributed by atoms with Gasteiger partial charge in [0.25, 0.3) is 0 Å². The fourth-order valence-electron chi connectivity index (χ4n) is 2.57. The van der Waals surface area contributed by atoms with E-state index in [4.69, 9.17) is 0 Å². The van der Waals surface area contributed by atoms with E-state index in [1.807, 2.05) is 11.3 Å². The predicted octanol–water partition coefficient (Wildman–Crippen LogP) is 4.30. The second kappa shape index (κ2) is 5.25. The highest BCUT2D eigenvalue weighted by molar-refractivity contribution is 7.10. The maximum atomic E-state index is 3.64. The van der Waals surface area contributed by atoms with Gasteiger partial charge in [0.05, 0.1) is 0 Å². The van der Waals surface area contributed by atoms with Gasteiger partial charge >= 0.3 is 0 Å². The lowest BCUT2D eigenvalue weighted by atomic mass is 9.82. The lowest BCUT2D eigenvalue weighted by Gasteiger charge is -2.33. The van der Waals surface area contributed by atoms with Crippen LogP contribution in [0.15, 0.2) is 41.8 Å². The van der Waals surface area contributed by atoms with Gasteiger partial charge in [-0.05, 0) is 41.3 Å². The van der Waals surface area contributed by atoms with Crippen LogP contribution in [0, 0.1) is 5.92 Å². The number of rotatable bonds is 4. The third kappa shape index (κ3) is 2.65. The van der Waals surface area contributed by atoms with Gasteiger partial charge in [-0.2, -0.15) is 0 Å². The average Bonchev–Trinajstić information content (AvgIpc) is 2.83. The van der Waals surface area contributed by atoms with Gasteiger partial charge in [-0.3, -0.25) is 0 Å². The van der Waals surface area contributed by atoms with Gasteiger partial charge in [0.2, 0.25) is 0 Å². The van der Waals surface area contributed by atoms with Crippen molar-refractivity contribution in [2.24, 2.45) is 5.92 Å². The molecule has 1 aliphatic rings. The Morgan fingerprint density at radius 1 is 1.17 bits per heavy atom. The first-order valence-corrected chi connectivity index (χ1v) is 7.55. The lowest BCUT2D eigenvalue weighted by molar-refractivity contribution is 0.241. The van der Waals surface area contributed by atoms with E-state index in [-0.39, 0.29) is 0 Å². The fourth-order valence-corrected chi connectivity index (χ4v) is 3.41. The van der Waals surface area contributed by atoms with Crippen LogP contribution in [0.1, 0.15) is 24.6 Å². The van der Waals surface area contributed by atoms with Gasteiger partial charge in [0, 0.05) is 17.5 Å². The van der Waals surface area contributed by atoms with Gasteiger partial charge in [-0.1, -0.05) is 37.3 Å². The molecule has 1 aliphatic carbocycles. The van der Waals surface area contributed by atoms with E-state index in [9.17, 15) is 0 Å². The summed E-state index contributed by atoms with van der Waals surface area (Å²) in [7, 11) is 0. The molecule has 2 heteroatoms. The molecule has 1 aromatic heterocycles. The van der Waals surface area contributed by atoms with Gasteiger partial charge in [-0.15, -0.1) is 11.3 Å². The molecule has 0 atom stereocenters. The second-order valence-corrected chi connectivity index (χ2v) is 6.32. The SMILES string of the molecule is CC1CC(NCc2cc(-c3ccccc3)cs2)C1. The molecule has 0 aliphatic heterocycles. The summed E-state index contributed by atoms with van der Waals surface area (Å²) in [4.78, 5) is 1.44. The molecule has 0 spiro atoms. The van der Waals surface area contributed by atoms with E-state index in [1.54, 1.807) is 0 Å². The quantitative estimate of drug-likeness (QED) is 0.861. The smallest absolute Gasteiger partial charge is 0.0302 e. The summed E-state index contributed by atoms with van der Waals surface area (Å²) in [6.07, 6.45) is 2.69. The van der Waals surface area contributed by atoms with Crippen LogP contribution in [0.25, 0.3) is 11.1 Å². The van der Waals surface area contributed by atoms with Crippen LogP contribution in [-0.2, 0) is 6.54 Å². The average molecular weight is 257 g/mol. The van der Waals surface area contributed by atoms with E-state index >= 15 is 0 Å². The zero-order valence-electron chi connectivity index (χ0n) is 10.7. The van der Waals surface area contributed by atoms with Crippen molar-refractivity contribution in [2.45, 2.75) is 32.4 Å². The van der Waals surface area contributed by atoms with Crippen molar-refractivity contribution in [3.8, 4) is 11.1 Å². The van der Waals surface area contributed by atoms with Crippen LogP contribution < -0.4 is 5.32 Å². The van der Waals surface area contributed by atoms with Crippen molar-refractivity contribution in [3.05, 3.63) is 46.7 Å². The fraction of sp³-hybridized carbons (Fsp3) is 0.375. The van der Waals surface area contributed by atoms with Gasteiger partial charge in [-0.25, -0.2) is 0 Å². The molecule has 18 heavy (non-hydrogen) atoms. The first kappa shape index (κ1) is 11.9. The van der Waals surface area contributed by atoms with Crippen LogP contribution in [0.3, 0.4) is 0 Å². The molecule has 1 aromatic carbocycles. The molecule has 0 saturated heterocycles. The monoisotopic (exact) mass is 257 g/mol. The first-order chi connectivity index (χ1) is 8.81. The lowest BCUT2D eigenvalue weighted by Crippen LogP contribution is -2.39. The summed E-state index contributed by atoms with van der Waals surface area (Å²) < 4.78 is 0. The third-order valence-electron chi connectivity index (χ3n) is 3.70. The molecule has 0 radical (unpaired) electrons. The Morgan fingerprint density at radius 2 is 1.94 bits per heavy atom. The molecule has 2 aromatic rings. The molecule has 0 bridgehead atoms. The Balaban J connectivity index is 1.60. The normalized spacial score (nSPS) is 22.7. The highest BCUT2D eigenvalue weighted by atomic mass is 32.1. The Bertz CT molecular complexity index is 497. The minimum Gasteiger partial charge on any atom is -0.309 e. The highest BCUT2D eigenvalue weighted by Gasteiger charge is 2.24. The number of nitrogens with one attached hydrogen (secondary N) is 1. The van der Waals surface area contributed by atoms with Crippen LogP contribution in [-0.4, -0.2) is 6.04 Å². The molecule has 1 fully saturated rings. The molecule has 1 heterocycles. The van der Waals surface area contributed by atoms with Crippen molar-refractivity contribution in [2.75, 3.05) is 0 Å². The summed E-state index contributed by atoms with van der Waals surface area (Å²) in [5, 5.41) is 5.90. The molecular weight excluding hydrogens is 238 g/mol. The molecule has 1 nitrogen and oxygen atoms in total. The molecule has 1 N–H and O–H groups in total. The van der Waals surface area contributed by atoms with Crippen LogP contribution >= 0.6 is 11.3 Å². The Morgan fingerprint density at radius 3 is 2.67 bits per heavy atom. The number of thiophene rings is 1. The van der Waals surface area contributed by atoms with Crippen molar-refractivity contribution < 1.29 is 0 Å².